The molecule has 0 bridgehead atoms. The van der Waals surface area contributed by atoms with E-state index in [1.807, 2.05) is 18.4 Å². The number of ether oxygens (including phenoxy) is 2. The van der Waals surface area contributed by atoms with Crippen LogP contribution in [0.2, 0.25) is 10.0 Å². The fraction of sp³-hybridized carbons (Fsp3) is 0.150. The van der Waals surface area contributed by atoms with Crippen molar-refractivity contribution in [1.29, 1.82) is 0 Å². The van der Waals surface area contributed by atoms with Gasteiger partial charge in [-0.05, 0) is 60.3 Å². The molecule has 0 fully saturated rings. The largest absolute Gasteiger partial charge is 0.489 e. The van der Waals surface area contributed by atoms with E-state index in [0.717, 1.165) is 11.1 Å². The van der Waals surface area contributed by atoms with E-state index in [-0.39, 0.29) is 16.7 Å². The monoisotopic (exact) mass is 457 g/mol. The van der Waals surface area contributed by atoms with Gasteiger partial charge in [0.1, 0.15) is 18.1 Å². The van der Waals surface area contributed by atoms with Crippen molar-refractivity contribution in [3.05, 3.63) is 73.9 Å². The minimum absolute atomic E-state index is 0.0263. The zero-order valence-electron chi connectivity index (χ0n) is 15.0. The van der Waals surface area contributed by atoms with Crippen molar-refractivity contribution in [3.63, 3.8) is 0 Å². The zero-order valence-corrected chi connectivity index (χ0v) is 17.4. The first-order valence-electron chi connectivity index (χ1n) is 8.34. The van der Waals surface area contributed by atoms with Crippen LogP contribution in [0.5, 0.6) is 11.5 Å². The smallest absolute Gasteiger partial charge is 0.387 e. The topological polar surface area (TPSA) is 47.6 Å². The lowest BCUT2D eigenvalue weighted by Gasteiger charge is -2.09. The number of alkyl halides is 2. The summed E-state index contributed by atoms with van der Waals surface area (Å²) in [5.74, 6) is 0.180. The van der Waals surface area contributed by atoms with Crippen LogP contribution in [0.3, 0.4) is 0 Å². The molecule has 1 heterocycles. The normalized spacial score (nSPS) is 10.8. The number of hydrogen-bond donors (Lipinski definition) is 1. The van der Waals surface area contributed by atoms with Crippen LogP contribution in [0.4, 0.5) is 14.5 Å². The second-order valence-corrected chi connectivity index (χ2v) is 7.72. The van der Waals surface area contributed by atoms with E-state index in [4.69, 9.17) is 27.9 Å². The van der Waals surface area contributed by atoms with Crippen molar-refractivity contribution in [1.82, 2.24) is 0 Å². The first-order chi connectivity index (χ1) is 13.8. The Kier molecular flexibility index (Phi) is 6.95. The average molecular weight is 458 g/mol. The minimum atomic E-state index is -2.98. The van der Waals surface area contributed by atoms with Gasteiger partial charge in [0.25, 0.3) is 5.91 Å². The Morgan fingerprint density at radius 3 is 2.62 bits per heavy atom. The minimum Gasteiger partial charge on any atom is -0.489 e. The Bertz CT molecular complexity index is 1030. The number of thiophene rings is 1. The number of nitrogens with one attached hydrogen (secondary N) is 1. The van der Waals surface area contributed by atoms with Crippen molar-refractivity contribution >= 4 is 46.1 Å². The molecule has 1 amide bonds. The molecule has 4 nitrogen and oxygen atoms in total. The molecule has 0 saturated carbocycles. The number of hydrogen-bond acceptors (Lipinski definition) is 4. The quantitative estimate of drug-likeness (QED) is 0.424. The number of anilines is 1. The molecule has 3 aromatic rings. The number of carbonyl (C=O) groups excluding carboxylic acids is 1. The maximum Gasteiger partial charge on any atom is 0.387 e. The summed E-state index contributed by atoms with van der Waals surface area (Å²) in [4.78, 5) is 12.9. The van der Waals surface area contributed by atoms with Crippen LogP contribution >= 0.6 is 34.5 Å². The zero-order chi connectivity index (χ0) is 21.0. The van der Waals surface area contributed by atoms with Gasteiger partial charge in [-0.15, -0.1) is 11.3 Å². The fourth-order valence-corrected chi connectivity index (χ4v) is 3.54. The number of benzene rings is 2. The van der Waals surface area contributed by atoms with Gasteiger partial charge in [0.2, 0.25) is 0 Å². The van der Waals surface area contributed by atoms with Gasteiger partial charge in [0.05, 0.1) is 9.90 Å². The van der Waals surface area contributed by atoms with Crippen molar-refractivity contribution in [2.45, 2.75) is 20.1 Å². The van der Waals surface area contributed by atoms with Gasteiger partial charge >= 0.3 is 6.61 Å². The highest BCUT2D eigenvalue weighted by atomic mass is 35.5. The summed E-state index contributed by atoms with van der Waals surface area (Å²) < 4.78 is 34.6. The van der Waals surface area contributed by atoms with Crippen LogP contribution in [-0.2, 0) is 6.61 Å². The molecule has 0 atom stereocenters. The average Bonchev–Trinajstić information content (AvgIpc) is 3.14. The third-order valence-electron chi connectivity index (χ3n) is 3.82. The van der Waals surface area contributed by atoms with Crippen molar-refractivity contribution in [2.75, 3.05) is 5.32 Å². The molecule has 152 valence electrons. The number of halogens is 4. The van der Waals surface area contributed by atoms with Crippen LogP contribution in [0.15, 0.2) is 47.8 Å². The Morgan fingerprint density at radius 2 is 1.93 bits per heavy atom. The van der Waals surface area contributed by atoms with Gasteiger partial charge in [-0.1, -0.05) is 23.2 Å². The first-order valence-corrected chi connectivity index (χ1v) is 9.97. The second-order valence-electron chi connectivity index (χ2n) is 6.00. The first kappa shape index (κ1) is 21.4. The molecule has 0 spiro atoms. The summed E-state index contributed by atoms with van der Waals surface area (Å²) in [5.41, 5.74) is 2.12. The van der Waals surface area contributed by atoms with Gasteiger partial charge in [0, 0.05) is 16.3 Å². The van der Waals surface area contributed by atoms with E-state index in [1.54, 1.807) is 18.2 Å². The summed E-state index contributed by atoms with van der Waals surface area (Å²) >= 11 is 13.2. The van der Waals surface area contributed by atoms with E-state index >= 15 is 0 Å². The SMILES string of the molecule is Cc1cc(OCc2csc(C(=O)Nc3ccc(OC(F)F)c(Cl)c3)c2)ccc1Cl. The molecular weight excluding hydrogens is 443 g/mol. The molecular formula is C20H15Cl2F2NO3S. The van der Waals surface area contributed by atoms with Crippen LogP contribution in [0, 0.1) is 6.92 Å². The summed E-state index contributed by atoms with van der Waals surface area (Å²) in [6.07, 6.45) is 0. The molecule has 9 heteroatoms. The Morgan fingerprint density at radius 1 is 1.14 bits per heavy atom. The highest BCUT2D eigenvalue weighted by Crippen LogP contribution is 2.29. The Balaban J connectivity index is 1.60. The van der Waals surface area contributed by atoms with E-state index in [2.05, 4.69) is 10.1 Å². The molecule has 0 radical (unpaired) electrons. The van der Waals surface area contributed by atoms with Crippen molar-refractivity contribution in [3.8, 4) is 11.5 Å². The van der Waals surface area contributed by atoms with Crippen molar-refractivity contribution < 1.29 is 23.0 Å². The fourth-order valence-electron chi connectivity index (χ4n) is 2.41. The third-order valence-corrected chi connectivity index (χ3v) is 5.52. The predicted octanol–water partition coefficient (Wildman–Crippen LogP) is 6.80. The standard InChI is InChI=1S/C20H15Cl2F2NO3S/c1-11-6-14(3-4-15(11)21)27-9-12-7-18(29-10-12)19(26)25-13-2-5-17(16(22)8-13)28-20(23)24/h2-8,10,20H,9H2,1H3,(H,25,26). The van der Waals surface area contributed by atoms with E-state index in [0.29, 0.717) is 27.9 Å². The summed E-state index contributed by atoms with van der Waals surface area (Å²) in [6, 6.07) is 11.2. The molecule has 2 aromatic carbocycles. The number of aryl methyl sites for hydroxylation is 1. The molecule has 0 aliphatic carbocycles. The molecule has 0 saturated heterocycles. The maximum absolute atomic E-state index is 12.4. The van der Waals surface area contributed by atoms with Crippen LogP contribution in [-0.4, -0.2) is 12.5 Å². The third kappa shape index (κ3) is 5.82. The lowest BCUT2D eigenvalue weighted by molar-refractivity contribution is -0.0497. The van der Waals surface area contributed by atoms with Gasteiger partial charge in [-0.3, -0.25) is 4.79 Å². The number of carbonyl (C=O) groups is 1. The van der Waals surface area contributed by atoms with E-state index in [9.17, 15) is 13.6 Å². The van der Waals surface area contributed by atoms with Gasteiger partial charge in [-0.25, -0.2) is 0 Å². The highest BCUT2D eigenvalue weighted by molar-refractivity contribution is 7.12. The molecule has 3 rings (SSSR count). The Labute approximate surface area is 180 Å². The van der Waals surface area contributed by atoms with Crippen LogP contribution in [0.1, 0.15) is 20.8 Å². The molecule has 0 aliphatic rings. The summed E-state index contributed by atoms with van der Waals surface area (Å²) in [6.45, 7) is -0.784. The number of rotatable bonds is 7. The molecule has 1 aromatic heterocycles. The van der Waals surface area contributed by atoms with Crippen LogP contribution in [0.25, 0.3) is 0 Å². The predicted molar refractivity (Wildman–Crippen MR) is 111 cm³/mol. The molecule has 29 heavy (non-hydrogen) atoms. The van der Waals surface area contributed by atoms with Gasteiger partial charge < -0.3 is 14.8 Å². The lowest BCUT2D eigenvalue weighted by atomic mass is 10.2. The van der Waals surface area contributed by atoms with E-state index in [1.165, 1.54) is 29.5 Å². The van der Waals surface area contributed by atoms with Gasteiger partial charge in [-0.2, -0.15) is 8.78 Å². The number of amides is 1. The molecule has 1 N–H and O–H groups in total. The molecule has 0 unspecified atom stereocenters. The molecule has 0 aliphatic heterocycles. The van der Waals surface area contributed by atoms with Gasteiger partial charge in [0.15, 0.2) is 0 Å². The lowest BCUT2D eigenvalue weighted by Crippen LogP contribution is -2.10. The second kappa shape index (κ2) is 9.43. The maximum atomic E-state index is 12.4. The van der Waals surface area contributed by atoms with Crippen molar-refractivity contribution in [2.24, 2.45) is 0 Å². The van der Waals surface area contributed by atoms with Crippen LogP contribution < -0.4 is 14.8 Å². The highest BCUT2D eigenvalue weighted by Gasteiger charge is 2.13. The Hall–Kier alpha value is -2.35. The van der Waals surface area contributed by atoms with E-state index < -0.39 is 6.61 Å². The summed E-state index contributed by atoms with van der Waals surface area (Å²) in [7, 11) is 0. The summed E-state index contributed by atoms with van der Waals surface area (Å²) in [5, 5.41) is 5.13.